The van der Waals surface area contributed by atoms with Gasteiger partial charge >= 0.3 is 5.97 Å². The van der Waals surface area contributed by atoms with Crippen LogP contribution >= 0.6 is 0 Å². The van der Waals surface area contributed by atoms with Crippen molar-refractivity contribution in [1.29, 1.82) is 0 Å². The molecule has 3 heteroatoms. The first-order chi connectivity index (χ1) is 5.81. The van der Waals surface area contributed by atoms with Crippen molar-refractivity contribution >= 4 is 5.97 Å². The average Bonchev–Trinajstić information content (AvgIpc) is 2.18. The van der Waals surface area contributed by atoms with Gasteiger partial charge in [-0.05, 0) is 31.8 Å². The van der Waals surface area contributed by atoms with E-state index in [1.165, 1.54) is 33.0 Å². The zero-order chi connectivity index (χ0) is 8.55. The molecule has 0 aromatic rings. The van der Waals surface area contributed by atoms with Crippen molar-refractivity contribution in [3.8, 4) is 0 Å². The minimum absolute atomic E-state index is 0.00981. The zero-order valence-electron chi connectivity index (χ0n) is 7.45. The monoisotopic (exact) mass is 169 g/mol. The van der Waals surface area contributed by atoms with Crippen LogP contribution in [-0.4, -0.2) is 37.6 Å². The molecule has 3 heterocycles. The first-order valence-electron chi connectivity index (χ1n) is 4.61. The lowest BCUT2D eigenvalue weighted by atomic mass is 9.79. The van der Waals surface area contributed by atoms with Crippen molar-refractivity contribution in [3.63, 3.8) is 0 Å². The van der Waals surface area contributed by atoms with Gasteiger partial charge in [-0.2, -0.15) is 0 Å². The Hall–Kier alpha value is -0.570. The Morgan fingerprint density at radius 3 is 2.50 bits per heavy atom. The van der Waals surface area contributed by atoms with Crippen molar-refractivity contribution in [1.82, 2.24) is 4.90 Å². The van der Waals surface area contributed by atoms with E-state index in [9.17, 15) is 4.79 Å². The molecule has 0 spiro atoms. The van der Waals surface area contributed by atoms with Gasteiger partial charge in [0.05, 0.1) is 13.0 Å². The van der Waals surface area contributed by atoms with E-state index >= 15 is 0 Å². The third kappa shape index (κ3) is 1.22. The number of esters is 1. The van der Waals surface area contributed by atoms with E-state index in [1.807, 2.05) is 0 Å². The molecule has 3 saturated heterocycles. The van der Waals surface area contributed by atoms with E-state index in [0.717, 1.165) is 6.54 Å². The van der Waals surface area contributed by atoms with Crippen LogP contribution in [0.15, 0.2) is 0 Å². The third-order valence-corrected chi connectivity index (χ3v) is 3.16. The molecule has 3 aliphatic heterocycles. The summed E-state index contributed by atoms with van der Waals surface area (Å²) < 4.78 is 4.78. The molecule has 0 N–H and O–H groups in total. The molecule has 12 heavy (non-hydrogen) atoms. The van der Waals surface area contributed by atoms with E-state index in [1.54, 1.807) is 0 Å². The summed E-state index contributed by atoms with van der Waals surface area (Å²) in [7, 11) is 1.49. The summed E-state index contributed by atoms with van der Waals surface area (Å²) in [4.78, 5) is 13.7. The number of carbonyl (C=O) groups excluding carboxylic acids is 1. The van der Waals surface area contributed by atoms with Gasteiger partial charge in [-0.25, -0.2) is 0 Å². The summed E-state index contributed by atoms with van der Waals surface area (Å²) in [6.07, 6.45) is 2.36. The molecule has 0 aromatic carbocycles. The third-order valence-electron chi connectivity index (χ3n) is 3.16. The number of methoxy groups -OCH3 is 1. The largest absolute Gasteiger partial charge is 0.469 e. The minimum Gasteiger partial charge on any atom is -0.469 e. The maximum Gasteiger partial charge on any atom is 0.310 e. The van der Waals surface area contributed by atoms with E-state index in [4.69, 9.17) is 4.74 Å². The van der Waals surface area contributed by atoms with Gasteiger partial charge in [0.25, 0.3) is 0 Å². The molecule has 0 amide bonds. The number of hydrogen-bond donors (Lipinski definition) is 0. The van der Waals surface area contributed by atoms with Gasteiger partial charge in [-0.15, -0.1) is 0 Å². The molecule has 2 bridgehead atoms. The predicted octanol–water partition coefficient (Wildman–Crippen LogP) is 0.501. The molecule has 0 radical (unpaired) electrons. The van der Waals surface area contributed by atoms with Crippen LogP contribution in [0.3, 0.4) is 0 Å². The Bertz CT molecular complexity index is 185. The molecule has 3 fully saturated rings. The van der Waals surface area contributed by atoms with Crippen LogP contribution in [0.2, 0.25) is 0 Å². The predicted molar refractivity (Wildman–Crippen MR) is 44.7 cm³/mol. The van der Waals surface area contributed by atoms with Crippen molar-refractivity contribution < 1.29 is 9.53 Å². The fourth-order valence-electron chi connectivity index (χ4n) is 2.38. The molecule has 1 atom stereocenters. The Morgan fingerprint density at radius 1 is 1.42 bits per heavy atom. The van der Waals surface area contributed by atoms with Crippen molar-refractivity contribution in [3.05, 3.63) is 0 Å². The molecular formula is C9H15NO2. The fraction of sp³-hybridized carbons (Fsp3) is 0.889. The number of fused-ring (bicyclic) bond motifs is 3. The van der Waals surface area contributed by atoms with Crippen LogP contribution in [0.5, 0.6) is 0 Å². The highest BCUT2D eigenvalue weighted by atomic mass is 16.5. The quantitative estimate of drug-likeness (QED) is 0.535. The highest BCUT2D eigenvalue weighted by Crippen LogP contribution is 2.32. The minimum atomic E-state index is -0.00981. The van der Waals surface area contributed by atoms with Crippen molar-refractivity contribution in [2.75, 3.05) is 26.7 Å². The smallest absolute Gasteiger partial charge is 0.310 e. The van der Waals surface area contributed by atoms with Gasteiger partial charge in [0.1, 0.15) is 0 Å². The topological polar surface area (TPSA) is 29.5 Å². The van der Waals surface area contributed by atoms with Gasteiger partial charge < -0.3 is 9.64 Å². The second-order valence-electron chi connectivity index (χ2n) is 3.77. The maximum absolute atomic E-state index is 11.3. The normalized spacial score (nSPS) is 39.6. The number of carbonyl (C=O) groups is 1. The molecule has 3 aliphatic rings. The van der Waals surface area contributed by atoms with E-state index in [2.05, 4.69) is 4.90 Å². The molecule has 3 rings (SSSR count). The summed E-state index contributed by atoms with van der Waals surface area (Å²) in [5.41, 5.74) is 0. The molecule has 68 valence electrons. The maximum atomic E-state index is 11.3. The lowest BCUT2D eigenvalue weighted by molar-refractivity contribution is -0.152. The average molecular weight is 169 g/mol. The lowest BCUT2D eigenvalue weighted by Gasteiger charge is -2.43. The van der Waals surface area contributed by atoms with Gasteiger partial charge in [0.15, 0.2) is 0 Å². The first-order valence-corrected chi connectivity index (χ1v) is 4.61. The molecule has 0 aliphatic carbocycles. The fourth-order valence-corrected chi connectivity index (χ4v) is 2.38. The summed E-state index contributed by atoms with van der Waals surface area (Å²) in [5, 5.41) is 0. The Kier molecular flexibility index (Phi) is 2.05. The number of ether oxygens (including phenoxy) is 1. The SMILES string of the molecule is COC(=O)[C@H]1CN2CCC1CC2. The molecular weight excluding hydrogens is 154 g/mol. The lowest BCUT2D eigenvalue weighted by Crippen LogP contribution is -2.50. The number of rotatable bonds is 1. The summed E-state index contributed by atoms with van der Waals surface area (Å²) in [6.45, 7) is 3.29. The molecule has 3 nitrogen and oxygen atoms in total. The van der Waals surface area contributed by atoms with Crippen molar-refractivity contribution in [2.45, 2.75) is 12.8 Å². The second kappa shape index (κ2) is 3.05. The van der Waals surface area contributed by atoms with Crippen LogP contribution in [0, 0.1) is 11.8 Å². The highest BCUT2D eigenvalue weighted by Gasteiger charge is 2.38. The first kappa shape index (κ1) is 8.05. The van der Waals surface area contributed by atoms with E-state index in [-0.39, 0.29) is 11.9 Å². The Labute approximate surface area is 72.7 Å². The molecule has 0 unspecified atom stereocenters. The summed E-state index contributed by atoms with van der Waals surface area (Å²) in [5.74, 6) is 0.754. The highest BCUT2D eigenvalue weighted by molar-refractivity contribution is 5.73. The molecule has 0 aromatic heterocycles. The van der Waals surface area contributed by atoms with Gasteiger partial charge in [-0.1, -0.05) is 0 Å². The van der Waals surface area contributed by atoms with Crippen LogP contribution in [-0.2, 0) is 9.53 Å². The van der Waals surface area contributed by atoms with Crippen LogP contribution in [0.1, 0.15) is 12.8 Å². The van der Waals surface area contributed by atoms with Crippen molar-refractivity contribution in [2.24, 2.45) is 11.8 Å². The van der Waals surface area contributed by atoms with E-state index in [0.29, 0.717) is 5.92 Å². The Morgan fingerprint density at radius 2 is 2.08 bits per heavy atom. The summed E-state index contributed by atoms with van der Waals surface area (Å²) >= 11 is 0. The number of piperidine rings is 3. The molecule has 0 saturated carbocycles. The second-order valence-corrected chi connectivity index (χ2v) is 3.77. The van der Waals surface area contributed by atoms with Gasteiger partial charge in [0, 0.05) is 6.54 Å². The number of nitrogens with zero attached hydrogens (tertiary/aromatic N) is 1. The van der Waals surface area contributed by atoms with Gasteiger partial charge in [-0.3, -0.25) is 4.79 Å². The van der Waals surface area contributed by atoms with Gasteiger partial charge in [0.2, 0.25) is 0 Å². The van der Waals surface area contributed by atoms with Crippen LogP contribution in [0.25, 0.3) is 0 Å². The number of hydrogen-bond acceptors (Lipinski definition) is 3. The zero-order valence-corrected chi connectivity index (χ0v) is 7.45. The van der Waals surface area contributed by atoms with Crippen LogP contribution < -0.4 is 0 Å². The summed E-state index contributed by atoms with van der Waals surface area (Å²) in [6, 6.07) is 0. The standard InChI is InChI=1S/C9H15NO2/c1-12-9(11)8-6-10-4-2-7(8)3-5-10/h7-8H,2-6H2,1H3/t8-/m0/s1. The van der Waals surface area contributed by atoms with E-state index < -0.39 is 0 Å². The Balaban J connectivity index is 2.03. The van der Waals surface area contributed by atoms with Crippen LogP contribution in [0.4, 0.5) is 0 Å².